The number of carbonyl (C=O) groups excluding carboxylic acids is 1. The summed E-state index contributed by atoms with van der Waals surface area (Å²) >= 11 is 0. The second-order valence-corrected chi connectivity index (χ2v) is 3.88. The lowest BCUT2D eigenvalue weighted by atomic mass is 10.0. The van der Waals surface area contributed by atoms with Crippen molar-refractivity contribution in [3.63, 3.8) is 0 Å². The molecular weight excluding hydrogens is 180 g/mol. The van der Waals surface area contributed by atoms with Crippen LogP contribution < -0.4 is 5.73 Å². The molecule has 0 heterocycles. The summed E-state index contributed by atoms with van der Waals surface area (Å²) in [6, 6.07) is -0.387. The summed E-state index contributed by atoms with van der Waals surface area (Å²) in [5, 5.41) is 0. The fourth-order valence-corrected chi connectivity index (χ4v) is 1.10. The van der Waals surface area contributed by atoms with Crippen LogP contribution in [0.2, 0.25) is 0 Å². The van der Waals surface area contributed by atoms with Crippen molar-refractivity contribution < 1.29 is 9.53 Å². The van der Waals surface area contributed by atoms with Crippen LogP contribution in [0, 0.1) is 5.92 Å². The predicted molar refractivity (Wildman–Crippen MR) is 56.9 cm³/mol. The molecule has 0 aromatic rings. The van der Waals surface area contributed by atoms with Gasteiger partial charge in [-0.2, -0.15) is 0 Å². The van der Waals surface area contributed by atoms with Gasteiger partial charge in [0.2, 0.25) is 5.91 Å². The summed E-state index contributed by atoms with van der Waals surface area (Å²) < 4.78 is 4.91. The van der Waals surface area contributed by atoms with E-state index in [0.717, 1.165) is 6.42 Å². The number of nitrogens with zero attached hydrogens (tertiary/aromatic N) is 1. The van der Waals surface area contributed by atoms with Gasteiger partial charge in [0.1, 0.15) is 0 Å². The highest BCUT2D eigenvalue weighted by atomic mass is 16.5. The van der Waals surface area contributed by atoms with Gasteiger partial charge in [-0.1, -0.05) is 13.8 Å². The average Bonchev–Trinajstić information content (AvgIpc) is 2.15. The van der Waals surface area contributed by atoms with Crippen molar-refractivity contribution >= 4 is 5.91 Å². The van der Waals surface area contributed by atoms with Crippen molar-refractivity contribution in [2.24, 2.45) is 11.7 Å². The van der Waals surface area contributed by atoms with Crippen LogP contribution in [0.4, 0.5) is 0 Å². The normalized spacial score (nSPS) is 13.0. The van der Waals surface area contributed by atoms with Gasteiger partial charge < -0.3 is 15.4 Å². The van der Waals surface area contributed by atoms with Crippen LogP contribution in [0.25, 0.3) is 0 Å². The number of ether oxygens (including phenoxy) is 1. The van der Waals surface area contributed by atoms with Gasteiger partial charge in [0, 0.05) is 27.3 Å². The number of hydrogen-bond acceptors (Lipinski definition) is 3. The highest BCUT2D eigenvalue weighted by molar-refractivity contribution is 5.81. The van der Waals surface area contributed by atoms with E-state index < -0.39 is 0 Å². The summed E-state index contributed by atoms with van der Waals surface area (Å²) in [5.74, 6) is 0.198. The third-order valence-electron chi connectivity index (χ3n) is 2.22. The van der Waals surface area contributed by atoms with Gasteiger partial charge in [0.25, 0.3) is 0 Å². The Morgan fingerprint density at radius 1 is 1.50 bits per heavy atom. The largest absolute Gasteiger partial charge is 0.385 e. The van der Waals surface area contributed by atoms with Gasteiger partial charge >= 0.3 is 0 Å². The van der Waals surface area contributed by atoms with E-state index >= 15 is 0 Å². The number of rotatable bonds is 6. The van der Waals surface area contributed by atoms with Crippen molar-refractivity contribution in [1.82, 2.24) is 4.90 Å². The molecule has 1 unspecified atom stereocenters. The molecule has 1 atom stereocenters. The van der Waals surface area contributed by atoms with E-state index in [2.05, 4.69) is 0 Å². The Bertz CT molecular complexity index is 172. The predicted octanol–water partition coefficient (Wildman–Crippen LogP) is 0.465. The minimum atomic E-state index is -0.387. The lowest BCUT2D eigenvalue weighted by Crippen LogP contribution is -2.45. The van der Waals surface area contributed by atoms with E-state index in [-0.39, 0.29) is 17.9 Å². The van der Waals surface area contributed by atoms with E-state index in [9.17, 15) is 4.79 Å². The Morgan fingerprint density at radius 3 is 2.50 bits per heavy atom. The van der Waals surface area contributed by atoms with Gasteiger partial charge in [-0.15, -0.1) is 0 Å². The van der Waals surface area contributed by atoms with E-state index in [1.54, 1.807) is 19.1 Å². The van der Waals surface area contributed by atoms with E-state index in [1.165, 1.54) is 0 Å². The molecule has 0 aromatic carbocycles. The third kappa shape index (κ3) is 4.58. The molecule has 0 rings (SSSR count). The Morgan fingerprint density at radius 2 is 2.07 bits per heavy atom. The number of methoxy groups -OCH3 is 1. The molecule has 0 fully saturated rings. The van der Waals surface area contributed by atoms with Gasteiger partial charge in [-0.05, 0) is 12.3 Å². The molecule has 0 saturated heterocycles. The molecule has 0 spiro atoms. The molecule has 0 aliphatic rings. The number of amides is 1. The standard InChI is InChI=1S/C10H22N2O2/c1-8(2)9(11)10(13)12(3)6-5-7-14-4/h8-9H,5-7,11H2,1-4H3. The first kappa shape index (κ1) is 13.4. The number of hydrogen-bond donors (Lipinski definition) is 1. The Balaban J connectivity index is 3.86. The molecule has 4 nitrogen and oxygen atoms in total. The van der Waals surface area contributed by atoms with E-state index in [4.69, 9.17) is 10.5 Å². The molecule has 2 N–H and O–H groups in total. The zero-order valence-corrected chi connectivity index (χ0v) is 9.62. The maximum Gasteiger partial charge on any atom is 0.239 e. The monoisotopic (exact) mass is 202 g/mol. The Kier molecular flexibility index (Phi) is 6.49. The average molecular weight is 202 g/mol. The molecule has 14 heavy (non-hydrogen) atoms. The summed E-state index contributed by atoms with van der Waals surface area (Å²) in [4.78, 5) is 13.3. The molecular formula is C10H22N2O2. The SMILES string of the molecule is COCCCN(C)C(=O)C(N)C(C)C. The van der Waals surface area contributed by atoms with Crippen LogP contribution in [0.15, 0.2) is 0 Å². The fraction of sp³-hybridized carbons (Fsp3) is 0.900. The van der Waals surface area contributed by atoms with Crippen molar-refractivity contribution in [2.75, 3.05) is 27.3 Å². The molecule has 4 heteroatoms. The van der Waals surface area contributed by atoms with Crippen LogP contribution in [0.5, 0.6) is 0 Å². The first-order chi connectivity index (χ1) is 6.50. The van der Waals surface area contributed by atoms with E-state index in [1.807, 2.05) is 13.8 Å². The Hall–Kier alpha value is -0.610. The lowest BCUT2D eigenvalue weighted by molar-refractivity contribution is -0.132. The summed E-state index contributed by atoms with van der Waals surface area (Å²) in [6.07, 6.45) is 0.851. The van der Waals surface area contributed by atoms with E-state index in [0.29, 0.717) is 13.2 Å². The second-order valence-electron chi connectivity index (χ2n) is 3.88. The molecule has 0 aromatic heterocycles. The number of likely N-dealkylation sites (N-methyl/N-ethyl adjacent to an activating group) is 1. The highest BCUT2D eigenvalue weighted by Crippen LogP contribution is 2.02. The maximum atomic E-state index is 11.6. The van der Waals surface area contributed by atoms with Crippen LogP contribution in [-0.2, 0) is 9.53 Å². The first-order valence-electron chi connectivity index (χ1n) is 5.00. The zero-order chi connectivity index (χ0) is 11.1. The minimum absolute atomic E-state index is 0.0103. The summed E-state index contributed by atoms with van der Waals surface area (Å²) in [7, 11) is 3.43. The van der Waals surface area contributed by atoms with Gasteiger partial charge in [-0.3, -0.25) is 4.79 Å². The maximum absolute atomic E-state index is 11.6. The van der Waals surface area contributed by atoms with Crippen molar-refractivity contribution in [3.05, 3.63) is 0 Å². The van der Waals surface area contributed by atoms with Crippen LogP contribution in [-0.4, -0.2) is 44.2 Å². The molecule has 0 radical (unpaired) electrons. The number of nitrogens with two attached hydrogens (primary N) is 1. The van der Waals surface area contributed by atoms with Crippen LogP contribution in [0.1, 0.15) is 20.3 Å². The lowest BCUT2D eigenvalue weighted by Gasteiger charge is -2.23. The Labute approximate surface area is 86.4 Å². The molecule has 0 aliphatic carbocycles. The van der Waals surface area contributed by atoms with Gasteiger partial charge in [-0.25, -0.2) is 0 Å². The second kappa shape index (κ2) is 6.79. The molecule has 0 aliphatic heterocycles. The van der Waals surface area contributed by atoms with Crippen molar-refractivity contribution in [1.29, 1.82) is 0 Å². The zero-order valence-electron chi connectivity index (χ0n) is 9.62. The van der Waals surface area contributed by atoms with Gasteiger partial charge in [0.05, 0.1) is 6.04 Å². The highest BCUT2D eigenvalue weighted by Gasteiger charge is 2.20. The first-order valence-corrected chi connectivity index (χ1v) is 5.00. The van der Waals surface area contributed by atoms with Crippen molar-refractivity contribution in [2.45, 2.75) is 26.3 Å². The summed E-state index contributed by atoms with van der Waals surface area (Å²) in [6.45, 7) is 5.28. The molecule has 84 valence electrons. The molecule has 0 bridgehead atoms. The van der Waals surface area contributed by atoms with Crippen LogP contribution >= 0.6 is 0 Å². The quantitative estimate of drug-likeness (QED) is 0.637. The molecule has 1 amide bonds. The number of carbonyl (C=O) groups is 1. The van der Waals surface area contributed by atoms with Crippen molar-refractivity contribution in [3.8, 4) is 0 Å². The smallest absolute Gasteiger partial charge is 0.239 e. The topological polar surface area (TPSA) is 55.6 Å². The minimum Gasteiger partial charge on any atom is -0.385 e. The molecule has 0 saturated carbocycles. The third-order valence-corrected chi connectivity index (χ3v) is 2.22. The fourth-order valence-electron chi connectivity index (χ4n) is 1.10. The van der Waals surface area contributed by atoms with Gasteiger partial charge in [0.15, 0.2) is 0 Å². The summed E-state index contributed by atoms with van der Waals surface area (Å²) in [5.41, 5.74) is 5.74. The van der Waals surface area contributed by atoms with Crippen LogP contribution in [0.3, 0.4) is 0 Å².